The Morgan fingerprint density at radius 3 is 2.69 bits per heavy atom. The molecule has 0 bridgehead atoms. The molecule has 1 rings (SSSR count). The summed E-state index contributed by atoms with van der Waals surface area (Å²) in [7, 11) is 1.70. The molecule has 0 aliphatic carbocycles. The number of hydrogen-bond acceptors (Lipinski definition) is 3. The Hall–Kier alpha value is -0.810. The van der Waals surface area contributed by atoms with E-state index in [-0.39, 0.29) is 11.6 Å². The summed E-state index contributed by atoms with van der Waals surface area (Å²) in [5.41, 5.74) is -0.0967. The van der Waals surface area contributed by atoms with E-state index in [1.54, 1.807) is 7.11 Å². The standard InChI is InChI=1S/C11H23N3O2/c1-3-13-10(15)14-11(6-9-16-2)4-7-12-8-5-11/h12H,3-9H2,1-2H3,(H2,13,14,15). The molecule has 0 aromatic rings. The van der Waals surface area contributed by atoms with Crippen molar-refractivity contribution in [2.75, 3.05) is 33.4 Å². The van der Waals surface area contributed by atoms with Crippen molar-refractivity contribution in [3.05, 3.63) is 0 Å². The van der Waals surface area contributed by atoms with Crippen LogP contribution < -0.4 is 16.0 Å². The number of methoxy groups -OCH3 is 1. The predicted molar refractivity (Wildman–Crippen MR) is 63.5 cm³/mol. The maximum Gasteiger partial charge on any atom is 0.315 e. The molecule has 0 saturated carbocycles. The van der Waals surface area contributed by atoms with Crippen molar-refractivity contribution in [1.29, 1.82) is 0 Å². The summed E-state index contributed by atoms with van der Waals surface area (Å²) in [6.45, 7) is 5.17. The van der Waals surface area contributed by atoms with Gasteiger partial charge in [0.05, 0.1) is 0 Å². The molecule has 0 aromatic heterocycles. The van der Waals surface area contributed by atoms with Crippen LogP contribution in [0.2, 0.25) is 0 Å². The molecule has 1 saturated heterocycles. The molecule has 0 unspecified atom stereocenters. The predicted octanol–water partition coefficient (Wildman–Crippen LogP) is 0.464. The monoisotopic (exact) mass is 229 g/mol. The van der Waals surface area contributed by atoms with Gasteiger partial charge in [0.2, 0.25) is 0 Å². The molecule has 0 radical (unpaired) electrons. The first-order chi connectivity index (χ1) is 7.72. The number of piperidine rings is 1. The van der Waals surface area contributed by atoms with Crippen LogP contribution in [0.25, 0.3) is 0 Å². The molecule has 16 heavy (non-hydrogen) atoms. The zero-order valence-corrected chi connectivity index (χ0v) is 10.3. The average molecular weight is 229 g/mol. The van der Waals surface area contributed by atoms with E-state index in [2.05, 4.69) is 16.0 Å². The van der Waals surface area contributed by atoms with E-state index in [0.717, 1.165) is 32.4 Å². The highest BCUT2D eigenvalue weighted by atomic mass is 16.5. The Labute approximate surface area is 97.3 Å². The third kappa shape index (κ3) is 3.98. The lowest BCUT2D eigenvalue weighted by Gasteiger charge is -2.38. The number of ether oxygens (including phenoxy) is 1. The molecule has 3 N–H and O–H groups in total. The first kappa shape index (κ1) is 13.3. The summed E-state index contributed by atoms with van der Waals surface area (Å²) in [6, 6.07) is -0.0690. The van der Waals surface area contributed by atoms with Gasteiger partial charge >= 0.3 is 6.03 Å². The minimum atomic E-state index is -0.0967. The van der Waals surface area contributed by atoms with E-state index in [9.17, 15) is 4.79 Å². The third-order valence-corrected chi connectivity index (χ3v) is 3.06. The second-order valence-electron chi connectivity index (χ2n) is 4.26. The zero-order valence-electron chi connectivity index (χ0n) is 10.3. The summed E-state index contributed by atoms with van der Waals surface area (Å²) >= 11 is 0. The number of nitrogens with one attached hydrogen (secondary N) is 3. The lowest BCUT2D eigenvalue weighted by atomic mass is 9.85. The molecule has 0 spiro atoms. The van der Waals surface area contributed by atoms with Gasteiger partial charge in [0.25, 0.3) is 0 Å². The van der Waals surface area contributed by atoms with Crippen LogP contribution in [0.3, 0.4) is 0 Å². The van der Waals surface area contributed by atoms with Gasteiger partial charge in [-0.15, -0.1) is 0 Å². The quantitative estimate of drug-likeness (QED) is 0.642. The van der Waals surface area contributed by atoms with E-state index < -0.39 is 0 Å². The number of urea groups is 1. The minimum absolute atomic E-state index is 0.0690. The van der Waals surface area contributed by atoms with Crippen LogP contribution >= 0.6 is 0 Å². The van der Waals surface area contributed by atoms with Gasteiger partial charge in [-0.25, -0.2) is 4.79 Å². The third-order valence-electron chi connectivity index (χ3n) is 3.06. The SMILES string of the molecule is CCNC(=O)NC1(CCOC)CCNCC1. The van der Waals surface area contributed by atoms with Gasteiger partial charge in [0.15, 0.2) is 0 Å². The number of carbonyl (C=O) groups is 1. The highest BCUT2D eigenvalue weighted by Crippen LogP contribution is 2.22. The summed E-state index contributed by atoms with van der Waals surface area (Å²) in [5.74, 6) is 0. The molecule has 5 heteroatoms. The minimum Gasteiger partial charge on any atom is -0.385 e. The van der Waals surface area contributed by atoms with Gasteiger partial charge < -0.3 is 20.7 Å². The molecule has 1 heterocycles. The topological polar surface area (TPSA) is 62.4 Å². The van der Waals surface area contributed by atoms with Crippen molar-refractivity contribution in [1.82, 2.24) is 16.0 Å². The maximum atomic E-state index is 11.6. The average Bonchev–Trinajstić information content (AvgIpc) is 2.28. The van der Waals surface area contributed by atoms with E-state index >= 15 is 0 Å². The van der Waals surface area contributed by atoms with Crippen molar-refractivity contribution in [3.8, 4) is 0 Å². The van der Waals surface area contributed by atoms with Crippen LogP contribution in [0, 0.1) is 0 Å². The summed E-state index contributed by atoms with van der Waals surface area (Å²) < 4.78 is 5.12. The molecule has 1 fully saturated rings. The van der Waals surface area contributed by atoms with Gasteiger partial charge in [-0.2, -0.15) is 0 Å². The van der Waals surface area contributed by atoms with E-state index in [1.165, 1.54) is 0 Å². The molecule has 1 aliphatic rings. The Bertz CT molecular complexity index is 215. The van der Waals surface area contributed by atoms with Crippen molar-refractivity contribution in [2.24, 2.45) is 0 Å². The van der Waals surface area contributed by atoms with Crippen molar-refractivity contribution in [3.63, 3.8) is 0 Å². The van der Waals surface area contributed by atoms with Crippen LogP contribution in [-0.2, 0) is 4.74 Å². The van der Waals surface area contributed by atoms with Crippen LogP contribution in [0.15, 0.2) is 0 Å². The maximum absolute atomic E-state index is 11.6. The molecule has 0 atom stereocenters. The fourth-order valence-electron chi connectivity index (χ4n) is 2.09. The Morgan fingerprint density at radius 1 is 1.44 bits per heavy atom. The normalized spacial score (nSPS) is 19.1. The zero-order chi connectivity index (χ0) is 11.9. The smallest absolute Gasteiger partial charge is 0.315 e. The molecule has 0 aromatic carbocycles. The van der Waals surface area contributed by atoms with Gasteiger partial charge in [-0.3, -0.25) is 0 Å². The van der Waals surface area contributed by atoms with Crippen molar-refractivity contribution >= 4 is 6.03 Å². The fourth-order valence-corrected chi connectivity index (χ4v) is 2.09. The highest BCUT2D eigenvalue weighted by molar-refractivity contribution is 5.74. The molecular weight excluding hydrogens is 206 g/mol. The summed E-state index contributed by atoms with van der Waals surface area (Å²) in [4.78, 5) is 11.6. The molecule has 1 aliphatic heterocycles. The molecule has 2 amide bonds. The first-order valence-electron chi connectivity index (χ1n) is 5.98. The van der Waals surface area contributed by atoms with Gasteiger partial charge in [-0.1, -0.05) is 0 Å². The summed E-state index contributed by atoms with van der Waals surface area (Å²) in [5, 5.41) is 9.19. The number of carbonyl (C=O) groups excluding carboxylic acids is 1. The van der Waals surface area contributed by atoms with E-state index in [1.807, 2.05) is 6.92 Å². The largest absolute Gasteiger partial charge is 0.385 e. The fraction of sp³-hybridized carbons (Fsp3) is 0.909. The van der Waals surface area contributed by atoms with Crippen LogP contribution in [0.5, 0.6) is 0 Å². The van der Waals surface area contributed by atoms with Crippen molar-refractivity contribution < 1.29 is 9.53 Å². The van der Waals surface area contributed by atoms with Crippen molar-refractivity contribution in [2.45, 2.75) is 31.7 Å². The van der Waals surface area contributed by atoms with E-state index in [4.69, 9.17) is 4.74 Å². The summed E-state index contributed by atoms with van der Waals surface area (Å²) in [6.07, 6.45) is 2.81. The number of hydrogen-bond donors (Lipinski definition) is 3. The lowest BCUT2D eigenvalue weighted by Crippen LogP contribution is -2.57. The van der Waals surface area contributed by atoms with Crippen LogP contribution in [0.1, 0.15) is 26.2 Å². The van der Waals surface area contributed by atoms with Gasteiger partial charge in [0, 0.05) is 25.8 Å². The molecular formula is C11H23N3O2. The Morgan fingerprint density at radius 2 is 2.12 bits per heavy atom. The van der Waals surface area contributed by atoms with Crippen LogP contribution in [-0.4, -0.2) is 44.9 Å². The Balaban J connectivity index is 2.51. The van der Waals surface area contributed by atoms with Gasteiger partial charge in [-0.05, 0) is 39.3 Å². The van der Waals surface area contributed by atoms with E-state index in [0.29, 0.717) is 13.2 Å². The second-order valence-corrected chi connectivity index (χ2v) is 4.26. The van der Waals surface area contributed by atoms with Gasteiger partial charge in [0.1, 0.15) is 0 Å². The highest BCUT2D eigenvalue weighted by Gasteiger charge is 2.32. The lowest BCUT2D eigenvalue weighted by molar-refractivity contribution is 0.136. The second kappa shape index (κ2) is 6.70. The Kier molecular flexibility index (Phi) is 5.55. The molecule has 94 valence electrons. The molecule has 5 nitrogen and oxygen atoms in total. The number of rotatable bonds is 5. The first-order valence-corrected chi connectivity index (χ1v) is 5.98. The van der Waals surface area contributed by atoms with Crippen LogP contribution in [0.4, 0.5) is 4.79 Å². The number of amides is 2.